The molecule has 0 aliphatic carbocycles. The van der Waals surface area contributed by atoms with Gasteiger partial charge in [-0.1, -0.05) is 18.2 Å². The standard InChI is InChI=1S/C21H26N2O5S3/c24-30(25)19-6-7-20(21(11-19)31(26)27)22-15(14-29-18-4-2-1-3-5-18)8-9-23-12-17-10-16(23)13-28-17/h1-7,11,15-17,22,30-31H,8-10,12-14H2/t15-,16-,17?/m1/s1. The van der Waals surface area contributed by atoms with Crippen molar-refractivity contribution in [3.63, 3.8) is 0 Å². The molecule has 0 saturated carbocycles. The zero-order valence-electron chi connectivity index (χ0n) is 16.9. The van der Waals surface area contributed by atoms with Crippen molar-refractivity contribution in [1.82, 2.24) is 4.90 Å². The summed E-state index contributed by atoms with van der Waals surface area (Å²) in [4.78, 5) is 3.61. The predicted molar refractivity (Wildman–Crippen MR) is 123 cm³/mol. The Morgan fingerprint density at radius 3 is 2.55 bits per heavy atom. The van der Waals surface area contributed by atoms with E-state index in [0.717, 1.165) is 43.2 Å². The minimum atomic E-state index is -2.93. The molecule has 2 aliphatic heterocycles. The molecule has 0 amide bonds. The molecule has 2 bridgehead atoms. The van der Waals surface area contributed by atoms with Crippen LogP contribution in [0.5, 0.6) is 0 Å². The summed E-state index contributed by atoms with van der Waals surface area (Å²) in [6, 6.07) is 14.8. The molecule has 2 aromatic carbocycles. The molecular formula is C21H26N2O5S3. The fraction of sp³-hybridized carbons (Fsp3) is 0.429. The van der Waals surface area contributed by atoms with Crippen molar-refractivity contribution in [1.29, 1.82) is 0 Å². The Balaban J connectivity index is 1.49. The minimum absolute atomic E-state index is 0.00180. The molecule has 0 spiro atoms. The summed E-state index contributed by atoms with van der Waals surface area (Å²) >= 11 is 1.71. The average molecular weight is 483 g/mol. The number of nitrogens with zero attached hydrogens (tertiary/aromatic N) is 1. The molecule has 3 atom stereocenters. The molecule has 2 aromatic rings. The molecule has 7 nitrogen and oxygen atoms in total. The van der Waals surface area contributed by atoms with Gasteiger partial charge in [-0.05, 0) is 43.2 Å². The molecule has 0 aromatic heterocycles. The van der Waals surface area contributed by atoms with Crippen molar-refractivity contribution in [2.24, 2.45) is 0 Å². The van der Waals surface area contributed by atoms with Crippen LogP contribution in [0.25, 0.3) is 0 Å². The Morgan fingerprint density at radius 2 is 1.90 bits per heavy atom. The molecule has 2 saturated heterocycles. The zero-order chi connectivity index (χ0) is 21.8. The van der Waals surface area contributed by atoms with Crippen LogP contribution in [-0.4, -0.2) is 65.4 Å². The number of thioether (sulfide) groups is 1. The lowest BCUT2D eigenvalue weighted by molar-refractivity contribution is 0.0299. The van der Waals surface area contributed by atoms with Crippen molar-refractivity contribution in [3.8, 4) is 0 Å². The van der Waals surface area contributed by atoms with E-state index in [1.165, 1.54) is 12.1 Å². The maximum absolute atomic E-state index is 11.8. The number of rotatable bonds is 10. The van der Waals surface area contributed by atoms with E-state index in [-0.39, 0.29) is 15.8 Å². The molecular weight excluding hydrogens is 456 g/mol. The van der Waals surface area contributed by atoms with Crippen molar-refractivity contribution >= 4 is 38.9 Å². The highest BCUT2D eigenvalue weighted by Crippen LogP contribution is 2.29. The van der Waals surface area contributed by atoms with E-state index in [1.54, 1.807) is 17.8 Å². The van der Waals surface area contributed by atoms with Crippen molar-refractivity contribution in [2.45, 2.75) is 45.7 Å². The van der Waals surface area contributed by atoms with Crippen LogP contribution in [0.2, 0.25) is 0 Å². The Labute approximate surface area is 190 Å². The van der Waals surface area contributed by atoms with Crippen molar-refractivity contribution < 1.29 is 21.6 Å². The maximum Gasteiger partial charge on any atom is 0.170 e. The van der Waals surface area contributed by atoms with Gasteiger partial charge in [-0.15, -0.1) is 11.8 Å². The van der Waals surface area contributed by atoms with Gasteiger partial charge < -0.3 is 10.1 Å². The SMILES string of the molecule is O=[SH](=O)c1ccc(N[C@H](CCN2CC3C[C@@H]2CO3)CSc2ccccc2)c([SH](=O)=O)c1. The third kappa shape index (κ3) is 5.81. The van der Waals surface area contributed by atoms with E-state index >= 15 is 0 Å². The highest BCUT2D eigenvalue weighted by atomic mass is 32.2. The Morgan fingerprint density at radius 1 is 1.10 bits per heavy atom. The van der Waals surface area contributed by atoms with Crippen LogP contribution in [-0.2, 0) is 26.1 Å². The molecule has 168 valence electrons. The molecule has 1 unspecified atom stereocenters. The van der Waals surface area contributed by atoms with Gasteiger partial charge >= 0.3 is 0 Å². The van der Waals surface area contributed by atoms with Gasteiger partial charge in [0.15, 0.2) is 21.4 Å². The largest absolute Gasteiger partial charge is 0.380 e. The van der Waals surface area contributed by atoms with Gasteiger partial charge in [0.2, 0.25) is 0 Å². The summed E-state index contributed by atoms with van der Waals surface area (Å²) in [5.74, 6) is 0.759. The highest BCUT2D eigenvalue weighted by Gasteiger charge is 2.38. The van der Waals surface area contributed by atoms with Crippen LogP contribution in [0.3, 0.4) is 0 Å². The van der Waals surface area contributed by atoms with E-state index in [0.29, 0.717) is 17.8 Å². The van der Waals surface area contributed by atoms with Crippen LogP contribution in [0.4, 0.5) is 5.69 Å². The van der Waals surface area contributed by atoms with E-state index in [9.17, 15) is 16.8 Å². The van der Waals surface area contributed by atoms with Crippen LogP contribution in [0, 0.1) is 0 Å². The Hall–Kier alpha value is -1.59. The number of benzene rings is 2. The fourth-order valence-corrected chi connectivity index (χ4v) is 6.22. The van der Waals surface area contributed by atoms with Gasteiger partial charge in [-0.25, -0.2) is 16.8 Å². The second-order valence-electron chi connectivity index (χ2n) is 7.81. The van der Waals surface area contributed by atoms with E-state index in [2.05, 4.69) is 22.3 Å². The number of nitrogens with one attached hydrogen (secondary N) is 1. The van der Waals surface area contributed by atoms with Gasteiger partial charge in [-0.3, -0.25) is 4.90 Å². The van der Waals surface area contributed by atoms with Crippen LogP contribution in [0.1, 0.15) is 12.8 Å². The van der Waals surface area contributed by atoms with E-state index in [4.69, 9.17) is 4.74 Å². The smallest absolute Gasteiger partial charge is 0.170 e. The lowest BCUT2D eigenvalue weighted by atomic mass is 10.2. The van der Waals surface area contributed by atoms with E-state index < -0.39 is 21.4 Å². The summed E-state index contributed by atoms with van der Waals surface area (Å²) in [7, 11) is -5.77. The molecule has 10 heteroatoms. The summed E-state index contributed by atoms with van der Waals surface area (Å²) in [5, 5.41) is 3.37. The lowest BCUT2D eigenvalue weighted by Crippen LogP contribution is -2.39. The minimum Gasteiger partial charge on any atom is -0.380 e. The Kier molecular flexibility index (Phi) is 7.55. The molecule has 0 radical (unpaired) electrons. The maximum atomic E-state index is 11.8. The summed E-state index contributed by atoms with van der Waals surface area (Å²) in [5.41, 5.74) is 0.446. The van der Waals surface area contributed by atoms with Crippen molar-refractivity contribution in [2.75, 3.05) is 30.8 Å². The second-order valence-corrected chi connectivity index (χ2v) is 10.9. The summed E-state index contributed by atoms with van der Waals surface area (Å²) in [6.07, 6.45) is 2.27. The topological polar surface area (TPSA) is 92.8 Å². The van der Waals surface area contributed by atoms with Crippen LogP contribution in [0.15, 0.2) is 63.2 Å². The molecule has 31 heavy (non-hydrogen) atoms. The predicted octanol–water partition coefficient (Wildman–Crippen LogP) is 2.06. The third-order valence-electron chi connectivity index (χ3n) is 5.72. The van der Waals surface area contributed by atoms with Crippen molar-refractivity contribution in [3.05, 3.63) is 48.5 Å². The first-order valence-corrected chi connectivity index (χ1v) is 13.6. The molecule has 2 heterocycles. The Bertz CT molecular complexity index is 1040. The highest BCUT2D eigenvalue weighted by molar-refractivity contribution is 7.99. The summed E-state index contributed by atoms with van der Waals surface area (Å²) in [6.45, 7) is 2.64. The first-order chi connectivity index (χ1) is 15.0. The molecule has 1 N–H and O–H groups in total. The van der Waals surface area contributed by atoms with Crippen LogP contribution >= 0.6 is 11.8 Å². The number of ether oxygens (including phenoxy) is 1. The average Bonchev–Trinajstić information content (AvgIpc) is 3.39. The monoisotopic (exact) mass is 482 g/mol. The number of anilines is 1. The van der Waals surface area contributed by atoms with Gasteiger partial charge in [0.25, 0.3) is 0 Å². The number of hydrogen-bond donors (Lipinski definition) is 3. The second kappa shape index (κ2) is 10.4. The van der Waals surface area contributed by atoms with Gasteiger partial charge in [0, 0.05) is 35.8 Å². The number of thiol groups is 2. The number of likely N-dealkylation sites (tertiary alicyclic amines) is 1. The first-order valence-electron chi connectivity index (χ1n) is 10.2. The number of hydrogen-bond acceptors (Lipinski definition) is 8. The van der Waals surface area contributed by atoms with Gasteiger partial charge in [-0.2, -0.15) is 0 Å². The van der Waals surface area contributed by atoms with Gasteiger partial charge in [0.05, 0.1) is 28.2 Å². The fourth-order valence-electron chi connectivity index (χ4n) is 4.11. The molecule has 4 rings (SSSR count). The third-order valence-corrected chi connectivity index (χ3v) is 8.36. The van der Waals surface area contributed by atoms with E-state index in [1.807, 2.05) is 18.2 Å². The quantitative estimate of drug-likeness (QED) is 0.350. The molecule has 2 fully saturated rings. The number of fused-ring (bicyclic) bond motifs is 2. The zero-order valence-corrected chi connectivity index (χ0v) is 19.5. The molecule has 2 aliphatic rings. The lowest BCUT2D eigenvalue weighted by Gasteiger charge is -2.29. The summed E-state index contributed by atoms with van der Waals surface area (Å²) < 4.78 is 51.8. The number of morpholine rings is 1. The van der Waals surface area contributed by atoms with Gasteiger partial charge in [0.1, 0.15) is 0 Å². The normalized spacial score (nSPS) is 21.7. The van der Waals surface area contributed by atoms with Crippen LogP contribution < -0.4 is 5.32 Å². The first kappa shape index (κ1) is 22.6.